The fraction of sp³-hybridized carbons (Fsp3) is 0.542. The van der Waals surface area contributed by atoms with Crippen molar-refractivity contribution in [2.75, 3.05) is 26.0 Å². The number of nitrogens with one attached hydrogen (secondary N) is 1. The quantitative estimate of drug-likeness (QED) is 0.353. The summed E-state index contributed by atoms with van der Waals surface area (Å²) in [6.07, 6.45) is 6.34. The summed E-state index contributed by atoms with van der Waals surface area (Å²) in [5.74, 6) is 1.46. The van der Waals surface area contributed by atoms with E-state index in [-0.39, 0.29) is 5.97 Å². The highest BCUT2D eigenvalue weighted by Crippen LogP contribution is 2.31. The van der Waals surface area contributed by atoms with Gasteiger partial charge in [0, 0.05) is 25.4 Å². The molecule has 3 rings (SSSR count). The van der Waals surface area contributed by atoms with Gasteiger partial charge in [-0.2, -0.15) is 0 Å². The maximum Gasteiger partial charge on any atom is 0.337 e. The lowest BCUT2D eigenvalue weighted by Gasteiger charge is -2.12. The van der Waals surface area contributed by atoms with Gasteiger partial charge in [-0.1, -0.05) is 33.6 Å². The van der Waals surface area contributed by atoms with E-state index in [2.05, 4.69) is 16.8 Å². The second-order valence-corrected chi connectivity index (χ2v) is 7.26. The Morgan fingerprint density at radius 2 is 1.94 bits per heavy atom. The number of nitrogens with two attached hydrogens (primary N) is 1. The molecule has 0 fully saturated rings. The standard InChI is InChI=1S/C22H31N5O2.C2H6/c1-4-5-9-18-26-19-20(27(18)13-8-6-7-12-23)16-11-10-15(22(28)29-3)14-17(16)25-21(19)24-2;1-2/h10-11,14H,4-9,12-13,23H2,1-3H3,(H,24,25);1-2H3. The summed E-state index contributed by atoms with van der Waals surface area (Å²) in [6, 6.07) is 5.54. The molecule has 170 valence electrons. The SMILES string of the molecule is CC.CCCCc1nc2c(NC)nc3cc(C(=O)OC)ccc3c2n1CCCCCN. The zero-order valence-corrected chi connectivity index (χ0v) is 19.6. The Morgan fingerprint density at radius 1 is 1.16 bits per heavy atom. The molecule has 0 spiro atoms. The van der Waals surface area contributed by atoms with Gasteiger partial charge in [-0.25, -0.2) is 14.8 Å². The van der Waals surface area contributed by atoms with E-state index >= 15 is 0 Å². The summed E-state index contributed by atoms with van der Waals surface area (Å²) < 4.78 is 7.20. The number of hydrogen-bond donors (Lipinski definition) is 2. The van der Waals surface area contributed by atoms with Crippen LogP contribution >= 0.6 is 0 Å². The summed E-state index contributed by atoms with van der Waals surface area (Å²) in [5, 5.41) is 4.18. The predicted octanol–water partition coefficient (Wildman–Crippen LogP) is 4.91. The van der Waals surface area contributed by atoms with Gasteiger partial charge in [0.15, 0.2) is 5.82 Å². The number of benzene rings is 1. The van der Waals surface area contributed by atoms with Crippen LogP contribution in [0.1, 0.15) is 69.1 Å². The number of carbonyl (C=O) groups is 1. The highest BCUT2D eigenvalue weighted by atomic mass is 16.5. The molecule has 0 bridgehead atoms. The molecular formula is C24H37N5O2. The smallest absolute Gasteiger partial charge is 0.337 e. The van der Waals surface area contributed by atoms with Gasteiger partial charge in [-0.05, 0) is 44.0 Å². The van der Waals surface area contributed by atoms with Gasteiger partial charge in [0.2, 0.25) is 0 Å². The topological polar surface area (TPSA) is 95.1 Å². The summed E-state index contributed by atoms with van der Waals surface area (Å²) in [6.45, 7) is 7.82. The fourth-order valence-corrected chi connectivity index (χ4v) is 3.71. The van der Waals surface area contributed by atoms with Gasteiger partial charge in [0.05, 0.1) is 23.7 Å². The first-order valence-electron chi connectivity index (χ1n) is 11.4. The van der Waals surface area contributed by atoms with Crippen molar-refractivity contribution >= 4 is 33.7 Å². The Hall–Kier alpha value is -2.67. The number of rotatable bonds is 10. The third kappa shape index (κ3) is 5.53. The average molecular weight is 428 g/mol. The van der Waals surface area contributed by atoms with Crippen LogP contribution in [0.3, 0.4) is 0 Å². The van der Waals surface area contributed by atoms with Crippen molar-refractivity contribution in [2.45, 2.75) is 65.8 Å². The molecule has 0 aliphatic rings. The van der Waals surface area contributed by atoms with E-state index in [1.54, 1.807) is 12.1 Å². The lowest BCUT2D eigenvalue weighted by molar-refractivity contribution is 0.0601. The Kier molecular flexibility index (Phi) is 9.72. The van der Waals surface area contributed by atoms with Gasteiger partial charge in [0.25, 0.3) is 0 Å². The molecule has 31 heavy (non-hydrogen) atoms. The number of nitrogens with zero attached hydrogens (tertiary/aromatic N) is 3. The third-order valence-electron chi connectivity index (χ3n) is 5.25. The molecule has 0 saturated heterocycles. The number of fused-ring (bicyclic) bond motifs is 3. The van der Waals surface area contributed by atoms with E-state index in [9.17, 15) is 4.79 Å². The van der Waals surface area contributed by atoms with Crippen LogP contribution in [-0.4, -0.2) is 41.2 Å². The monoisotopic (exact) mass is 427 g/mol. The first-order chi connectivity index (χ1) is 15.1. The zero-order valence-electron chi connectivity index (χ0n) is 19.6. The molecule has 0 aliphatic carbocycles. The van der Waals surface area contributed by atoms with Crippen LogP contribution in [0.5, 0.6) is 0 Å². The Balaban J connectivity index is 0.00000166. The lowest BCUT2D eigenvalue weighted by atomic mass is 10.1. The molecule has 0 atom stereocenters. The van der Waals surface area contributed by atoms with Crippen LogP contribution in [-0.2, 0) is 17.7 Å². The number of ether oxygens (including phenoxy) is 1. The predicted molar refractivity (Wildman–Crippen MR) is 129 cm³/mol. The molecule has 3 N–H and O–H groups in total. The van der Waals surface area contributed by atoms with E-state index < -0.39 is 0 Å². The molecule has 2 heterocycles. The Bertz CT molecular complexity index is 997. The Morgan fingerprint density at radius 3 is 2.58 bits per heavy atom. The summed E-state index contributed by atoms with van der Waals surface area (Å²) >= 11 is 0. The number of methoxy groups -OCH3 is 1. The largest absolute Gasteiger partial charge is 0.465 e. The minimum atomic E-state index is -0.362. The third-order valence-corrected chi connectivity index (χ3v) is 5.25. The number of imidazole rings is 1. The van der Waals surface area contributed by atoms with E-state index in [1.807, 2.05) is 27.0 Å². The van der Waals surface area contributed by atoms with Crippen molar-refractivity contribution in [2.24, 2.45) is 5.73 Å². The molecule has 0 aliphatic heterocycles. The number of hydrogen-bond acceptors (Lipinski definition) is 6. The first-order valence-corrected chi connectivity index (χ1v) is 11.4. The molecule has 1 aromatic carbocycles. The molecule has 2 aromatic heterocycles. The Labute approximate surface area is 185 Å². The zero-order chi connectivity index (χ0) is 22.8. The van der Waals surface area contributed by atoms with Gasteiger partial charge >= 0.3 is 5.97 Å². The number of pyridine rings is 1. The molecule has 0 saturated carbocycles. The number of anilines is 1. The van der Waals surface area contributed by atoms with Gasteiger partial charge in [-0.15, -0.1) is 0 Å². The van der Waals surface area contributed by atoms with Crippen LogP contribution in [0.15, 0.2) is 18.2 Å². The lowest BCUT2D eigenvalue weighted by Crippen LogP contribution is -2.06. The first kappa shape index (κ1) is 24.6. The highest BCUT2D eigenvalue weighted by molar-refractivity contribution is 6.08. The number of aryl methyl sites for hydroxylation is 2. The molecular weight excluding hydrogens is 390 g/mol. The second kappa shape index (κ2) is 12.2. The van der Waals surface area contributed by atoms with Crippen molar-refractivity contribution in [3.8, 4) is 0 Å². The average Bonchev–Trinajstić information content (AvgIpc) is 3.18. The minimum absolute atomic E-state index is 0.362. The van der Waals surface area contributed by atoms with Crippen LogP contribution in [0.25, 0.3) is 21.9 Å². The molecule has 0 amide bonds. The van der Waals surface area contributed by atoms with Gasteiger partial charge in [-0.3, -0.25) is 0 Å². The molecule has 0 radical (unpaired) electrons. The minimum Gasteiger partial charge on any atom is -0.465 e. The number of aromatic nitrogens is 3. The van der Waals surface area contributed by atoms with E-state index in [4.69, 9.17) is 20.4 Å². The molecule has 0 unspecified atom stereocenters. The van der Waals surface area contributed by atoms with Crippen LogP contribution in [0.2, 0.25) is 0 Å². The van der Waals surface area contributed by atoms with Crippen molar-refractivity contribution in [3.63, 3.8) is 0 Å². The summed E-state index contributed by atoms with van der Waals surface area (Å²) in [7, 11) is 3.24. The second-order valence-electron chi connectivity index (χ2n) is 7.26. The van der Waals surface area contributed by atoms with E-state index in [0.29, 0.717) is 5.56 Å². The van der Waals surface area contributed by atoms with Crippen LogP contribution in [0.4, 0.5) is 5.82 Å². The highest BCUT2D eigenvalue weighted by Gasteiger charge is 2.19. The van der Waals surface area contributed by atoms with Crippen LogP contribution in [0, 0.1) is 0 Å². The number of unbranched alkanes of at least 4 members (excludes halogenated alkanes) is 3. The maximum absolute atomic E-state index is 12.0. The maximum atomic E-state index is 12.0. The molecule has 7 heteroatoms. The molecule has 3 aromatic rings. The summed E-state index contributed by atoms with van der Waals surface area (Å²) in [5.41, 5.74) is 8.88. The van der Waals surface area contributed by atoms with Crippen molar-refractivity contribution < 1.29 is 9.53 Å². The number of carbonyl (C=O) groups excluding carboxylic acids is 1. The van der Waals surface area contributed by atoms with Gasteiger partial charge < -0.3 is 20.4 Å². The van der Waals surface area contributed by atoms with Crippen molar-refractivity contribution in [3.05, 3.63) is 29.6 Å². The van der Waals surface area contributed by atoms with Crippen molar-refractivity contribution in [1.29, 1.82) is 0 Å². The number of esters is 1. The fourth-order valence-electron chi connectivity index (χ4n) is 3.71. The van der Waals surface area contributed by atoms with Gasteiger partial charge in [0.1, 0.15) is 11.3 Å². The van der Waals surface area contributed by atoms with Crippen molar-refractivity contribution in [1.82, 2.24) is 14.5 Å². The summed E-state index contributed by atoms with van der Waals surface area (Å²) in [4.78, 5) is 21.7. The normalized spacial score (nSPS) is 10.8. The van der Waals surface area contributed by atoms with E-state index in [0.717, 1.165) is 85.2 Å². The van der Waals surface area contributed by atoms with Crippen LogP contribution < -0.4 is 11.1 Å². The molecule has 7 nitrogen and oxygen atoms in total. The van der Waals surface area contributed by atoms with E-state index in [1.165, 1.54) is 7.11 Å².